The predicted octanol–water partition coefficient (Wildman–Crippen LogP) is 3.17. The number of aromatic nitrogens is 2. The summed E-state index contributed by atoms with van der Waals surface area (Å²) in [6.45, 7) is 7.13. The fraction of sp³-hybridized carbons (Fsp3) is 0.500. The van der Waals surface area contributed by atoms with Gasteiger partial charge in [-0.2, -0.15) is 4.98 Å². The lowest BCUT2D eigenvalue weighted by Crippen LogP contribution is -2.49. The van der Waals surface area contributed by atoms with Crippen molar-refractivity contribution in [2.24, 2.45) is 0 Å². The third-order valence-corrected chi connectivity index (χ3v) is 5.85. The van der Waals surface area contributed by atoms with Crippen LogP contribution in [-0.2, 0) is 10.5 Å². The minimum Gasteiger partial charge on any atom is -0.340 e. The Morgan fingerprint density at radius 1 is 1.31 bits per heavy atom. The van der Waals surface area contributed by atoms with Crippen molar-refractivity contribution in [1.82, 2.24) is 19.9 Å². The fourth-order valence-corrected chi connectivity index (χ4v) is 4.14. The van der Waals surface area contributed by atoms with Crippen molar-refractivity contribution < 1.29 is 9.32 Å². The number of benzene rings is 1. The molecule has 26 heavy (non-hydrogen) atoms. The molecular weight excluding hydrogens is 372 g/mol. The average Bonchev–Trinajstić information content (AvgIpc) is 3.07. The molecular formula is C18H23ClN4O2S. The second-order valence-electron chi connectivity index (χ2n) is 6.34. The molecule has 1 aliphatic rings. The largest absolute Gasteiger partial charge is 0.340 e. The molecule has 1 amide bonds. The SMILES string of the molecule is Cc1nc(CSCC(=O)N2CCN(C(C)c3ccccc3Cl)CC2)no1. The second-order valence-corrected chi connectivity index (χ2v) is 7.73. The number of carbonyl (C=O) groups is 1. The van der Waals surface area contributed by atoms with E-state index in [4.69, 9.17) is 16.1 Å². The number of thioether (sulfide) groups is 1. The van der Waals surface area contributed by atoms with E-state index in [0.717, 1.165) is 36.8 Å². The quantitative estimate of drug-likeness (QED) is 0.749. The van der Waals surface area contributed by atoms with E-state index in [9.17, 15) is 4.79 Å². The van der Waals surface area contributed by atoms with Crippen LogP contribution in [0.5, 0.6) is 0 Å². The van der Waals surface area contributed by atoms with Crippen molar-refractivity contribution in [2.75, 3.05) is 31.9 Å². The molecule has 8 heteroatoms. The molecule has 6 nitrogen and oxygen atoms in total. The van der Waals surface area contributed by atoms with Crippen LogP contribution in [-0.4, -0.2) is 57.8 Å². The summed E-state index contributed by atoms with van der Waals surface area (Å²) in [5.74, 6) is 2.38. The lowest BCUT2D eigenvalue weighted by Gasteiger charge is -2.38. The molecule has 2 heterocycles. The van der Waals surface area contributed by atoms with Crippen LogP contribution in [0.2, 0.25) is 5.02 Å². The predicted molar refractivity (Wildman–Crippen MR) is 103 cm³/mol. The van der Waals surface area contributed by atoms with Gasteiger partial charge >= 0.3 is 0 Å². The summed E-state index contributed by atoms with van der Waals surface area (Å²) in [6.07, 6.45) is 0. The normalized spacial score (nSPS) is 16.7. The number of hydrogen-bond donors (Lipinski definition) is 0. The van der Waals surface area contributed by atoms with Crippen LogP contribution < -0.4 is 0 Å². The van der Waals surface area contributed by atoms with E-state index in [1.54, 1.807) is 6.92 Å². The molecule has 1 aromatic carbocycles. The van der Waals surface area contributed by atoms with Gasteiger partial charge in [0.1, 0.15) is 0 Å². The lowest BCUT2D eigenvalue weighted by molar-refractivity contribution is -0.130. The first-order valence-electron chi connectivity index (χ1n) is 8.68. The average molecular weight is 395 g/mol. The molecule has 1 unspecified atom stereocenters. The molecule has 1 saturated heterocycles. The lowest BCUT2D eigenvalue weighted by atomic mass is 10.1. The smallest absolute Gasteiger partial charge is 0.232 e. The van der Waals surface area contributed by atoms with Gasteiger partial charge in [0, 0.05) is 44.2 Å². The first kappa shape index (κ1) is 19.2. The molecule has 0 bridgehead atoms. The Morgan fingerprint density at radius 3 is 2.69 bits per heavy atom. The van der Waals surface area contributed by atoms with Crippen molar-refractivity contribution in [2.45, 2.75) is 25.6 Å². The summed E-state index contributed by atoms with van der Waals surface area (Å²) in [5.41, 5.74) is 1.14. The van der Waals surface area contributed by atoms with Crippen molar-refractivity contribution in [3.63, 3.8) is 0 Å². The van der Waals surface area contributed by atoms with Crippen LogP contribution in [0.25, 0.3) is 0 Å². The van der Waals surface area contributed by atoms with Gasteiger partial charge in [0.2, 0.25) is 11.8 Å². The van der Waals surface area contributed by atoms with Gasteiger partial charge in [-0.1, -0.05) is 35.0 Å². The number of amides is 1. The highest BCUT2D eigenvalue weighted by molar-refractivity contribution is 7.99. The molecule has 140 valence electrons. The van der Waals surface area contributed by atoms with Crippen molar-refractivity contribution in [3.8, 4) is 0 Å². The van der Waals surface area contributed by atoms with Gasteiger partial charge in [-0.05, 0) is 18.6 Å². The van der Waals surface area contributed by atoms with E-state index >= 15 is 0 Å². The fourth-order valence-electron chi connectivity index (χ4n) is 3.09. The molecule has 0 saturated carbocycles. The number of nitrogens with zero attached hydrogens (tertiary/aromatic N) is 4. The van der Waals surface area contributed by atoms with Gasteiger partial charge in [0.05, 0.1) is 11.5 Å². The summed E-state index contributed by atoms with van der Waals surface area (Å²) in [7, 11) is 0. The maximum atomic E-state index is 12.4. The second kappa shape index (κ2) is 8.88. The third-order valence-electron chi connectivity index (χ3n) is 4.60. The van der Waals surface area contributed by atoms with Crippen molar-refractivity contribution >= 4 is 29.3 Å². The van der Waals surface area contributed by atoms with Gasteiger partial charge in [-0.15, -0.1) is 11.8 Å². The highest BCUT2D eigenvalue weighted by atomic mass is 35.5. The molecule has 0 radical (unpaired) electrons. The number of rotatable bonds is 6. The van der Waals surface area contributed by atoms with Crippen molar-refractivity contribution in [3.05, 3.63) is 46.6 Å². The highest BCUT2D eigenvalue weighted by Gasteiger charge is 2.25. The van der Waals surface area contributed by atoms with E-state index in [0.29, 0.717) is 23.2 Å². The van der Waals surface area contributed by atoms with Crippen LogP contribution in [0.15, 0.2) is 28.8 Å². The maximum absolute atomic E-state index is 12.4. The molecule has 2 aromatic rings. The molecule has 1 atom stereocenters. The number of piperazine rings is 1. The van der Waals surface area contributed by atoms with Gasteiger partial charge in [0.25, 0.3) is 0 Å². The van der Waals surface area contributed by atoms with Gasteiger partial charge in [-0.3, -0.25) is 9.69 Å². The summed E-state index contributed by atoms with van der Waals surface area (Å²) in [5, 5.41) is 4.64. The standard InChI is InChI=1S/C18H23ClN4O2S/c1-13(15-5-3-4-6-16(15)19)22-7-9-23(10-8-22)18(24)12-26-11-17-20-14(2)25-21-17/h3-6,13H,7-12H2,1-2H3. The summed E-state index contributed by atoms with van der Waals surface area (Å²) >= 11 is 7.84. The number of hydrogen-bond acceptors (Lipinski definition) is 6. The monoisotopic (exact) mass is 394 g/mol. The van der Waals surface area contributed by atoms with E-state index in [1.165, 1.54) is 11.8 Å². The van der Waals surface area contributed by atoms with Crippen LogP contribution in [0.4, 0.5) is 0 Å². The van der Waals surface area contributed by atoms with E-state index in [1.807, 2.05) is 23.1 Å². The Bertz CT molecular complexity index is 746. The van der Waals surface area contributed by atoms with Crippen molar-refractivity contribution in [1.29, 1.82) is 0 Å². The Labute approximate surface area is 162 Å². The van der Waals surface area contributed by atoms with Crippen LogP contribution in [0.3, 0.4) is 0 Å². The van der Waals surface area contributed by atoms with Gasteiger partial charge in [-0.25, -0.2) is 0 Å². The highest BCUT2D eigenvalue weighted by Crippen LogP contribution is 2.27. The molecule has 0 N–H and O–H groups in total. The van der Waals surface area contributed by atoms with Crippen LogP contribution in [0, 0.1) is 6.92 Å². The maximum Gasteiger partial charge on any atom is 0.232 e. The Morgan fingerprint density at radius 2 is 2.04 bits per heavy atom. The summed E-state index contributed by atoms with van der Waals surface area (Å²) in [6, 6.07) is 8.20. The number of carbonyl (C=O) groups excluding carboxylic acids is 1. The number of aryl methyl sites for hydroxylation is 1. The first-order chi connectivity index (χ1) is 12.5. The summed E-state index contributed by atoms with van der Waals surface area (Å²) < 4.78 is 4.93. The first-order valence-corrected chi connectivity index (χ1v) is 10.2. The summed E-state index contributed by atoms with van der Waals surface area (Å²) in [4.78, 5) is 20.8. The molecule has 1 aromatic heterocycles. The van der Waals surface area contributed by atoms with Gasteiger partial charge in [0.15, 0.2) is 5.82 Å². The van der Waals surface area contributed by atoms with E-state index in [2.05, 4.69) is 28.0 Å². The van der Waals surface area contributed by atoms with E-state index < -0.39 is 0 Å². The zero-order valence-corrected chi connectivity index (χ0v) is 16.6. The number of halogens is 1. The zero-order valence-electron chi connectivity index (χ0n) is 15.0. The topological polar surface area (TPSA) is 62.5 Å². The van der Waals surface area contributed by atoms with E-state index in [-0.39, 0.29) is 11.9 Å². The van der Waals surface area contributed by atoms with Crippen LogP contribution in [0.1, 0.15) is 30.2 Å². The van der Waals surface area contributed by atoms with Gasteiger partial charge < -0.3 is 9.42 Å². The third kappa shape index (κ3) is 4.78. The minimum atomic E-state index is 0.167. The molecule has 0 spiro atoms. The molecule has 1 fully saturated rings. The zero-order chi connectivity index (χ0) is 18.5. The van der Waals surface area contributed by atoms with Crippen LogP contribution >= 0.6 is 23.4 Å². The molecule has 0 aliphatic carbocycles. The molecule has 3 rings (SSSR count). The Hall–Kier alpha value is -1.57. The molecule has 1 aliphatic heterocycles. The Balaban J connectivity index is 1.44. The minimum absolute atomic E-state index is 0.167. The Kier molecular flexibility index (Phi) is 6.56.